The lowest BCUT2D eigenvalue weighted by Crippen LogP contribution is -2.13. The molecule has 1 heterocycles. The lowest BCUT2D eigenvalue weighted by atomic mass is 10.1. The normalized spacial score (nSPS) is 11.1. The van der Waals surface area contributed by atoms with Gasteiger partial charge in [0, 0.05) is 28.2 Å². The predicted molar refractivity (Wildman–Crippen MR) is 117 cm³/mol. The average molecular weight is 437 g/mol. The number of nitriles is 1. The molecule has 31 heavy (non-hydrogen) atoms. The van der Waals surface area contributed by atoms with Crippen LogP contribution in [-0.4, -0.2) is 20.5 Å². The second kappa shape index (κ2) is 8.73. The third kappa shape index (κ3) is 4.57. The Labute approximate surface area is 182 Å². The van der Waals surface area contributed by atoms with Gasteiger partial charge in [-0.3, -0.25) is 14.9 Å². The number of rotatable bonds is 5. The molecule has 0 radical (unpaired) electrons. The third-order valence-corrected chi connectivity index (χ3v) is 4.88. The molecule has 0 aliphatic carbocycles. The van der Waals surface area contributed by atoms with Crippen molar-refractivity contribution >= 4 is 35.0 Å². The fraction of sp³-hybridized carbons (Fsp3) is 0.0909. The summed E-state index contributed by atoms with van der Waals surface area (Å²) in [7, 11) is 0. The fourth-order valence-corrected chi connectivity index (χ4v) is 3.36. The van der Waals surface area contributed by atoms with Crippen LogP contribution in [0, 0.1) is 35.3 Å². The number of benzene rings is 2. The molecule has 1 aromatic heterocycles. The van der Waals surface area contributed by atoms with Gasteiger partial charge in [-0.05, 0) is 55.8 Å². The van der Waals surface area contributed by atoms with Crippen LogP contribution < -0.4 is 5.32 Å². The van der Waals surface area contributed by atoms with E-state index in [4.69, 9.17) is 11.6 Å². The zero-order valence-electron chi connectivity index (χ0n) is 16.6. The summed E-state index contributed by atoms with van der Waals surface area (Å²) in [5.74, 6) is -1.22. The van der Waals surface area contributed by atoms with Gasteiger partial charge < -0.3 is 15.0 Å². The molecule has 0 aliphatic rings. The zero-order valence-corrected chi connectivity index (χ0v) is 17.3. The van der Waals surface area contributed by atoms with Crippen LogP contribution in [0.3, 0.4) is 0 Å². The van der Waals surface area contributed by atoms with Crippen LogP contribution in [-0.2, 0) is 4.79 Å². The number of anilines is 1. The van der Waals surface area contributed by atoms with Gasteiger partial charge in [0.2, 0.25) is 0 Å². The van der Waals surface area contributed by atoms with Gasteiger partial charge in [0.05, 0.1) is 16.7 Å². The van der Waals surface area contributed by atoms with Crippen LogP contribution in [0.5, 0.6) is 5.75 Å². The molecule has 156 valence electrons. The summed E-state index contributed by atoms with van der Waals surface area (Å²) >= 11 is 6.09. The highest BCUT2D eigenvalue weighted by atomic mass is 35.5. The monoisotopic (exact) mass is 436 g/mol. The Balaban J connectivity index is 1.92. The lowest BCUT2D eigenvalue weighted by molar-refractivity contribution is -0.384. The number of nitro groups is 1. The van der Waals surface area contributed by atoms with Gasteiger partial charge in [-0.1, -0.05) is 17.7 Å². The van der Waals surface area contributed by atoms with Crippen LogP contribution in [0.15, 0.2) is 54.1 Å². The topological polar surface area (TPSA) is 121 Å². The van der Waals surface area contributed by atoms with E-state index in [1.165, 1.54) is 12.1 Å². The molecule has 0 aliphatic heterocycles. The molecular formula is C22H17ClN4O4. The maximum atomic E-state index is 12.6. The van der Waals surface area contributed by atoms with Crippen LogP contribution >= 0.6 is 11.6 Å². The highest BCUT2D eigenvalue weighted by molar-refractivity contribution is 6.30. The Hall–Kier alpha value is -4.09. The number of amides is 1. The highest BCUT2D eigenvalue weighted by Gasteiger charge is 2.17. The van der Waals surface area contributed by atoms with Crippen molar-refractivity contribution in [2.75, 3.05) is 5.32 Å². The summed E-state index contributed by atoms with van der Waals surface area (Å²) in [6, 6.07) is 14.3. The Bertz CT molecular complexity index is 1270. The number of phenolic OH excluding ortho intramolecular Hbond substituents is 1. The Morgan fingerprint density at radius 2 is 2.00 bits per heavy atom. The first-order valence-electron chi connectivity index (χ1n) is 9.06. The number of aromatic nitrogens is 1. The lowest BCUT2D eigenvalue weighted by Gasteiger charge is -2.10. The molecular weight excluding hydrogens is 420 g/mol. The quantitative estimate of drug-likeness (QED) is 0.193. The third-order valence-electron chi connectivity index (χ3n) is 4.64. The molecule has 9 heteroatoms. The van der Waals surface area contributed by atoms with Crippen molar-refractivity contribution in [2.45, 2.75) is 13.8 Å². The Morgan fingerprint density at radius 1 is 1.26 bits per heavy atom. The minimum absolute atomic E-state index is 0.0406. The summed E-state index contributed by atoms with van der Waals surface area (Å²) in [4.78, 5) is 22.7. The van der Waals surface area contributed by atoms with Gasteiger partial charge in [0.1, 0.15) is 17.4 Å². The maximum Gasteiger partial charge on any atom is 0.273 e. The van der Waals surface area contributed by atoms with Gasteiger partial charge in [0.15, 0.2) is 0 Å². The van der Waals surface area contributed by atoms with E-state index >= 15 is 0 Å². The molecule has 1 amide bonds. The number of halogens is 1. The van der Waals surface area contributed by atoms with Crippen molar-refractivity contribution in [3.63, 3.8) is 0 Å². The van der Waals surface area contributed by atoms with Crippen LogP contribution in [0.4, 0.5) is 11.4 Å². The van der Waals surface area contributed by atoms with E-state index < -0.39 is 16.6 Å². The highest BCUT2D eigenvalue weighted by Crippen LogP contribution is 2.29. The number of aromatic hydroxyl groups is 1. The van der Waals surface area contributed by atoms with E-state index in [1.54, 1.807) is 6.07 Å². The number of nitro benzene ring substituents is 1. The van der Waals surface area contributed by atoms with Crippen molar-refractivity contribution in [1.29, 1.82) is 5.26 Å². The number of phenols is 1. The van der Waals surface area contributed by atoms with Crippen molar-refractivity contribution in [1.82, 2.24) is 4.57 Å². The molecule has 2 aromatic carbocycles. The van der Waals surface area contributed by atoms with E-state index in [0.717, 1.165) is 29.2 Å². The first-order chi connectivity index (χ1) is 14.7. The first-order valence-corrected chi connectivity index (χ1v) is 9.44. The summed E-state index contributed by atoms with van der Waals surface area (Å²) in [6.45, 7) is 3.75. The standard InChI is InChI=1S/C22H17ClN4O4/c1-13-8-15(14(2)26(13)18-5-3-4-17(23)10-18)9-16(12-24)22(29)25-20-7-6-19(27(30)31)11-21(20)28/h3-11,28H,1-2H3,(H,25,29). The Kier molecular flexibility index (Phi) is 6.09. The maximum absolute atomic E-state index is 12.6. The first kappa shape index (κ1) is 21.6. The summed E-state index contributed by atoms with van der Waals surface area (Å²) in [5.41, 5.74) is 2.65. The van der Waals surface area contributed by atoms with E-state index in [2.05, 4.69) is 5.32 Å². The van der Waals surface area contributed by atoms with Crippen LogP contribution in [0.2, 0.25) is 5.02 Å². The van der Waals surface area contributed by atoms with E-state index in [9.17, 15) is 25.3 Å². The van der Waals surface area contributed by atoms with Gasteiger partial charge in [-0.2, -0.15) is 5.26 Å². The van der Waals surface area contributed by atoms with Gasteiger partial charge >= 0.3 is 0 Å². The van der Waals surface area contributed by atoms with E-state index in [1.807, 2.05) is 48.7 Å². The van der Waals surface area contributed by atoms with Gasteiger partial charge in [-0.25, -0.2) is 0 Å². The molecule has 2 N–H and O–H groups in total. The zero-order chi connectivity index (χ0) is 22.7. The molecule has 0 saturated heterocycles. The largest absolute Gasteiger partial charge is 0.506 e. The SMILES string of the molecule is Cc1cc(C=C(C#N)C(=O)Nc2ccc([N+](=O)[O-])cc2O)c(C)n1-c1cccc(Cl)c1. The van der Waals surface area contributed by atoms with Crippen LogP contribution in [0.1, 0.15) is 17.0 Å². The predicted octanol–water partition coefficient (Wildman–Crippen LogP) is 4.91. The molecule has 3 rings (SSSR count). The number of nitrogens with one attached hydrogen (secondary N) is 1. The van der Waals surface area contributed by atoms with Crippen molar-refractivity contribution in [3.05, 3.63) is 86.2 Å². The smallest absolute Gasteiger partial charge is 0.273 e. The molecule has 0 saturated carbocycles. The van der Waals surface area contributed by atoms with E-state index in [0.29, 0.717) is 10.6 Å². The average Bonchev–Trinajstić information content (AvgIpc) is 3.00. The molecule has 0 fully saturated rings. The molecule has 0 atom stereocenters. The van der Waals surface area contributed by atoms with Crippen molar-refractivity contribution in [3.8, 4) is 17.5 Å². The van der Waals surface area contributed by atoms with Crippen LogP contribution in [0.25, 0.3) is 11.8 Å². The molecule has 0 bridgehead atoms. The Morgan fingerprint density at radius 3 is 2.61 bits per heavy atom. The molecule has 3 aromatic rings. The molecule has 0 spiro atoms. The minimum Gasteiger partial charge on any atom is -0.506 e. The summed E-state index contributed by atoms with van der Waals surface area (Å²) in [6.07, 6.45) is 1.45. The molecule has 0 unspecified atom stereocenters. The number of aryl methyl sites for hydroxylation is 1. The second-order valence-electron chi connectivity index (χ2n) is 6.72. The number of hydrogen-bond donors (Lipinski definition) is 2. The second-order valence-corrected chi connectivity index (χ2v) is 7.16. The fourth-order valence-electron chi connectivity index (χ4n) is 3.18. The number of carbonyl (C=O) groups is 1. The number of nitrogens with zero attached hydrogens (tertiary/aromatic N) is 3. The molecule has 8 nitrogen and oxygen atoms in total. The number of carbonyl (C=O) groups excluding carboxylic acids is 1. The summed E-state index contributed by atoms with van der Waals surface area (Å²) < 4.78 is 1.95. The van der Waals surface area contributed by atoms with E-state index in [-0.39, 0.29) is 16.9 Å². The van der Waals surface area contributed by atoms with Gasteiger partial charge in [0.25, 0.3) is 11.6 Å². The van der Waals surface area contributed by atoms with Gasteiger partial charge in [-0.15, -0.1) is 0 Å². The summed E-state index contributed by atoms with van der Waals surface area (Å²) in [5, 5.41) is 33.2. The van der Waals surface area contributed by atoms with Crippen molar-refractivity contribution in [2.24, 2.45) is 0 Å². The number of hydrogen-bond acceptors (Lipinski definition) is 5. The number of non-ortho nitro benzene ring substituents is 1. The minimum atomic E-state index is -0.751. The van der Waals surface area contributed by atoms with Crippen molar-refractivity contribution < 1.29 is 14.8 Å².